The Labute approximate surface area is 185 Å². The maximum Gasteiger partial charge on any atom is 0.253 e. The molecule has 1 N–H and O–H groups in total. The molecule has 0 aromatic heterocycles. The molecule has 2 aliphatic rings. The number of hydrogen-bond acceptors (Lipinski definition) is 4. The molecule has 1 aliphatic carbocycles. The second kappa shape index (κ2) is 10.0. The summed E-state index contributed by atoms with van der Waals surface area (Å²) in [7, 11) is 0. The van der Waals surface area contributed by atoms with Gasteiger partial charge in [0.2, 0.25) is 11.8 Å². The van der Waals surface area contributed by atoms with E-state index >= 15 is 0 Å². The first-order valence-corrected chi connectivity index (χ1v) is 11.9. The molecule has 1 aromatic carbocycles. The number of halogens is 2. The summed E-state index contributed by atoms with van der Waals surface area (Å²) in [4.78, 5) is 41.6. The summed E-state index contributed by atoms with van der Waals surface area (Å²) in [6.45, 7) is 2.08. The van der Waals surface area contributed by atoms with E-state index in [4.69, 9.17) is 23.2 Å². The van der Waals surface area contributed by atoms with Crippen LogP contribution in [-0.2, 0) is 9.59 Å². The van der Waals surface area contributed by atoms with Gasteiger partial charge >= 0.3 is 0 Å². The Morgan fingerprint density at radius 2 is 1.79 bits per heavy atom. The molecule has 1 saturated heterocycles. The smallest absolute Gasteiger partial charge is 0.253 e. The van der Waals surface area contributed by atoms with Crippen LogP contribution in [0.25, 0.3) is 0 Å². The van der Waals surface area contributed by atoms with Crippen molar-refractivity contribution in [2.24, 2.45) is 5.92 Å². The van der Waals surface area contributed by atoms with E-state index in [2.05, 4.69) is 5.32 Å². The summed E-state index contributed by atoms with van der Waals surface area (Å²) in [6.07, 6.45) is 4.45. The summed E-state index contributed by atoms with van der Waals surface area (Å²) < 4.78 is 0. The van der Waals surface area contributed by atoms with Crippen LogP contribution in [0.5, 0.6) is 0 Å². The van der Waals surface area contributed by atoms with Gasteiger partial charge in [-0.2, -0.15) is 11.8 Å². The third-order valence-corrected chi connectivity index (χ3v) is 6.41. The average molecular weight is 458 g/mol. The molecule has 1 aliphatic heterocycles. The Balaban J connectivity index is 1.62. The predicted octanol–water partition coefficient (Wildman–Crippen LogP) is 2.93. The van der Waals surface area contributed by atoms with E-state index in [1.807, 2.05) is 11.2 Å². The van der Waals surface area contributed by atoms with Crippen molar-refractivity contribution in [3.8, 4) is 0 Å². The van der Waals surface area contributed by atoms with Gasteiger partial charge in [0.05, 0.1) is 10.6 Å². The van der Waals surface area contributed by atoms with Crippen molar-refractivity contribution in [3.05, 3.63) is 33.8 Å². The molecule has 158 valence electrons. The summed E-state index contributed by atoms with van der Waals surface area (Å²) in [5, 5.41) is 3.53. The zero-order chi connectivity index (χ0) is 21.0. The number of piperazine rings is 1. The number of carbonyl (C=O) groups is 3. The Hall–Kier alpha value is -1.44. The summed E-state index contributed by atoms with van der Waals surface area (Å²) in [5.41, 5.74) is 0.290. The van der Waals surface area contributed by atoms with Crippen LogP contribution in [0, 0.1) is 5.92 Å². The van der Waals surface area contributed by atoms with Gasteiger partial charge in [0.25, 0.3) is 5.91 Å². The lowest BCUT2D eigenvalue weighted by molar-refractivity contribution is -0.141. The zero-order valence-electron chi connectivity index (χ0n) is 16.3. The van der Waals surface area contributed by atoms with Crippen molar-refractivity contribution < 1.29 is 14.4 Å². The Morgan fingerprint density at radius 1 is 1.14 bits per heavy atom. The molecule has 0 spiro atoms. The van der Waals surface area contributed by atoms with Crippen molar-refractivity contribution in [2.75, 3.05) is 38.2 Å². The lowest BCUT2D eigenvalue weighted by Gasteiger charge is -2.36. The molecular weight excluding hydrogens is 433 g/mol. The van der Waals surface area contributed by atoms with Crippen LogP contribution < -0.4 is 5.32 Å². The van der Waals surface area contributed by atoms with E-state index in [9.17, 15) is 14.4 Å². The second-order valence-corrected chi connectivity index (χ2v) is 9.19. The second-order valence-electron chi connectivity index (χ2n) is 7.36. The number of amides is 3. The highest BCUT2D eigenvalue weighted by Gasteiger charge is 2.36. The minimum atomic E-state index is -0.632. The van der Waals surface area contributed by atoms with E-state index in [0.29, 0.717) is 37.6 Å². The van der Waals surface area contributed by atoms with Gasteiger partial charge in [-0.05, 0) is 49.5 Å². The molecule has 1 heterocycles. The molecule has 1 aromatic rings. The minimum absolute atomic E-state index is 0.115. The van der Waals surface area contributed by atoms with Crippen LogP contribution in [0.15, 0.2) is 18.2 Å². The highest BCUT2D eigenvalue weighted by Crippen LogP contribution is 2.31. The summed E-state index contributed by atoms with van der Waals surface area (Å²) in [6, 6.07) is 4.02. The Bertz CT molecular complexity index is 780. The number of thioether (sulfide) groups is 1. The third-order valence-electron chi connectivity index (χ3n) is 5.22. The fraction of sp³-hybridized carbons (Fsp3) is 0.550. The van der Waals surface area contributed by atoms with Gasteiger partial charge in [-0.3, -0.25) is 14.4 Å². The molecule has 0 bridgehead atoms. The molecule has 29 heavy (non-hydrogen) atoms. The fourth-order valence-corrected chi connectivity index (χ4v) is 4.32. The van der Waals surface area contributed by atoms with Crippen LogP contribution in [0.2, 0.25) is 10.0 Å². The number of carbonyl (C=O) groups excluding carboxylic acids is 3. The molecule has 3 amide bonds. The molecule has 0 radical (unpaired) electrons. The zero-order valence-corrected chi connectivity index (χ0v) is 18.7. The van der Waals surface area contributed by atoms with E-state index in [0.717, 1.165) is 18.6 Å². The average Bonchev–Trinajstić information content (AvgIpc) is 3.55. The minimum Gasteiger partial charge on any atom is -0.340 e. The van der Waals surface area contributed by atoms with E-state index in [1.54, 1.807) is 28.8 Å². The van der Waals surface area contributed by atoms with Crippen molar-refractivity contribution in [3.63, 3.8) is 0 Å². The molecule has 1 saturated carbocycles. The van der Waals surface area contributed by atoms with Crippen molar-refractivity contribution in [1.82, 2.24) is 15.1 Å². The van der Waals surface area contributed by atoms with Gasteiger partial charge in [0.1, 0.15) is 6.04 Å². The number of nitrogens with zero attached hydrogens (tertiary/aromatic N) is 2. The highest BCUT2D eigenvalue weighted by molar-refractivity contribution is 7.98. The number of hydrogen-bond donors (Lipinski definition) is 1. The predicted molar refractivity (Wildman–Crippen MR) is 117 cm³/mol. The first kappa shape index (κ1) is 22.2. The van der Waals surface area contributed by atoms with Crippen molar-refractivity contribution in [2.45, 2.75) is 25.3 Å². The van der Waals surface area contributed by atoms with Gasteiger partial charge in [-0.1, -0.05) is 23.2 Å². The first-order chi connectivity index (χ1) is 13.9. The Kier molecular flexibility index (Phi) is 7.71. The monoisotopic (exact) mass is 457 g/mol. The molecule has 1 unspecified atom stereocenters. The quantitative estimate of drug-likeness (QED) is 0.682. The van der Waals surface area contributed by atoms with Gasteiger partial charge < -0.3 is 15.1 Å². The van der Waals surface area contributed by atoms with Gasteiger partial charge in [-0.25, -0.2) is 0 Å². The van der Waals surface area contributed by atoms with Gasteiger partial charge in [0, 0.05) is 37.1 Å². The largest absolute Gasteiger partial charge is 0.340 e. The van der Waals surface area contributed by atoms with Crippen molar-refractivity contribution >= 4 is 52.7 Å². The lowest BCUT2D eigenvalue weighted by Crippen LogP contribution is -2.56. The van der Waals surface area contributed by atoms with Crippen LogP contribution in [0.1, 0.15) is 29.6 Å². The maximum atomic E-state index is 13.1. The Morgan fingerprint density at radius 3 is 2.38 bits per heavy atom. The van der Waals surface area contributed by atoms with E-state index in [1.165, 1.54) is 6.07 Å². The molecule has 1 atom stereocenters. The standard InChI is InChI=1S/C20H25Cl2N3O3S/c1-29-11-6-17(23-18(26)15-5-4-14(21)12-16(15)22)20(28)25-9-7-24(8-10-25)19(27)13-2-3-13/h4-5,12-13,17H,2-3,6-11H2,1H3,(H,23,26). The highest BCUT2D eigenvalue weighted by atomic mass is 35.5. The molecular formula is C20H25Cl2N3O3S. The molecule has 6 nitrogen and oxygen atoms in total. The van der Waals surface area contributed by atoms with Crippen LogP contribution in [0.3, 0.4) is 0 Å². The molecule has 2 fully saturated rings. The van der Waals surface area contributed by atoms with E-state index < -0.39 is 11.9 Å². The van der Waals surface area contributed by atoms with Crippen LogP contribution in [0.4, 0.5) is 0 Å². The maximum absolute atomic E-state index is 13.1. The third kappa shape index (κ3) is 5.80. The van der Waals surface area contributed by atoms with Crippen LogP contribution in [-0.4, -0.2) is 71.8 Å². The normalized spacial score (nSPS) is 17.8. The van der Waals surface area contributed by atoms with Crippen LogP contribution >= 0.6 is 35.0 Å². The van der Waals surface area contributed by atoms with Gasteiger partial charge in [-0.15, -0.1) is 0 Å². The number of rotatable bonds is 7. The first-order valence-electron chi connectivity index (χ1n) is 9.73. The topological polar surface area (TPSA) is 69.7 Å². The fourth-order valence-electron chi connectivity index (χ4n) is 3.36. The summed E-state index contributed by atoms with van der Waals surface area (Å²) in [5.74, 6) is 0.631. The molecule has 9 heteroatoms. The van der Waals surface area contributed by atoms with Gasteiger partial charge in [0.15, 0.2) is 0 Å². The SMILES string of the molecule is CSCCC(NC(=O)c1ccc(Cl)cc1Cl)C(=O)N1CCN(C(=O)C2CC2)CC1. The van der Waals surface area contributed by atoms with E-state index in [-0.39, 0.29) is 28.3 Å². The molecule has 3 rings (SSSR count). The van der Waals surface area contributed by atoms with Crippen molar-refractivity contribution in [1.29, 1.82) is 0 Å². The number of benzene rings is 1. The lowest BCUT2D eigenvalue weighted by atomic mass is 10.1. The number of nitrogens with one attached hydrogen (secondary N) is 1. The summed E-state index contributed by atoms with van der Waals surface area (Å²) >= 11 is 13.7.